The van der Waals surface area contributed by atoms with Crippen LogP contribution in [0.3, 0.4) is 0 Å². The monoisotopic (exact) mass is 298 g/mol. The van der Waals surface area contributed by atoms with Gasteiger partial charge in [0.05, 0.1) is 18.8 Å². The van der Waals surface area contributed by atoms with Crippen LogP contribution >= 0.6 is 0 Å². The van der Waals surface area contributed by atoms with Crippen LogP contribution in [-0.4, -0.2) is 86.2 Å². The minimum absolute atomic E-state index is 0.515. The topological polar surface area (TPSA) is 45.2 Å². The van der Waals surface area contributed by atoms with Crippen LogP contribution in [0.5, 0.6) is 0 Å². The number of nitrogens with zero attached hydrogens (tertiary/aromatic N) is 2. The molecule has 1 unspecified atom stereocenters. The predicted molar refractivity (Wildman–Crippen MR) is 81.4 cm³/mol. The number of hydrogen-bond donors (Lipinski definition) is 1. The van der Waals surface area contributed by atoms with E-state index in [4.69, 9.17) is 9.47 Å². The van der Waals surface area contributed by atoms with Crippen LogP contribution in [0.25, 0.3) is 0 Å². The van der Waals surface area contributed by atoms with Crippen LogP contribution in [0, 0.1) is 5.92 Å². The van der Waals surface area contributed by atoms with Crippen molar-refractivity contribution >= 4 is 0 Å². The molecule has 0 bridgehead atoms. The summed E-state index contributed by atoms with van der Waals surface area (Å²) in [5.41, 5.74) is -0.515. The zero-order valence-electron chi connectivity index (χ0n) is 13.1. The molecule has 0 aliphatic carbocycles. The number of morpholine rings is 1. The molecule has 0 amide bonds. The Morgan fingerprint density at radius 1 is 0.952 bits per heavy atom. The van der Waals surface area contributed by atoms with Crippen molar-refractivity contribution in [3.8, 4) is 0 Å². The van der Waals surface area contributed by atoms with Crippen molar-refractivity contribution in [3.05, 3.63) is 0 Å². The molecule has 3 heterocycles. The first-order chi connectivity index (χ1) is 10.2. The standard InChI is InChI=1S/C16H30N2O3/c19-16(3-8-20-9-4-16)14-18-5-1-2-15(13-18)12-17-6-10-21-11-7-17/h15,19H,1-14H2. The van der Waals surface area contributed by atoms with E-state index < -0.39 is 5.60 Å². The third kappa shape index (κ3) is 4.63. The zero-order chi connectivity index (χ0) is 14.5. The van der Waals surface area contributed by atoms with Crippen molar-refractivity contribution in [1.82, 2.24) is 9.80 Å². The van der Waals surface area contributed by atoms with Crippen LogP contribution in [0.1, 0.15) is 25.7 Å². The Morgan fingerprint density at radius 2 is 1.67 bits per heavy atom. The molecule has 3 rings (SSSR count). The van der Waals surface area contributed by atoms with E-state index in [9.17, 15) is 5.11 Å². The van der Waals surface area contributed by atoms with Gasteiger partial charge in [-0.05, 0) is 25.3 Å². The van der Waals surface area contributed by atoms with Crippen molar-refractivity contribution in [2.45, 2.75) is 31.3 Å². The lowest BCUT2D eigenvalue weighted by Crippen LogP contribution is -2.51. The van der Waals surface area contributed by atoms with Crippen molar-refractivity contribution in [3.63, 3.8) is 0 Å². The summed E-state index contributed by atoms with van der Waals surface area (Å²) in [7, 11) is 0. The van der Waals surface area contributed by atoms with Gasteiger partial charge < -0.3 is 19.5 Å². The second kappa shape index (κ2) is 7.38. The molecule has 0 spiro atoms. The van der Waals surface area contributed by atoms with Gasteiger partial charge in [0.2, 0.25) is 0 Å². The molecule has 122 valence electrons. The molecule has 3 aliphatic heterocycles. The summed E-state index contributed by atoms with van der Waals surface area (Å²) < 4.78 is 10.8. The first-order valence-corrected chi connectivity index (χ1v) is 8.56. The highest BCUT2D eigenvalue weighted by Gasteiger charge is 2.33. The molecule has 5 nitrogen and oxygen atoms in total. The van der Waals surface area contributed by atoms with E-state index in [0.717, 1.165) is 64.7 Å². The van der Waals surface area contributed by atoms with Gasteiger partial charge in [-0.1, -0.05) is 0 Å². The molecule has 3 aliphatic rings. The largest absolute Gasteiger partial charge is 0.388 e. The van der Waals surface area contributed by atoms with Crippen LogP contribution in [0.2, 0.25) is 0 Å². The van der Waals surface area contributed by atoms with Crippen LogP contribution in [-0.2, 0) is 9.47 Å². The van der Waals surface area contributed by atoms with E-state index in [1.807, 2.05) is 0 Å². The molecule has 0 radical (unpaired) electrons. The normalized spacial score (nSPS) is 32.1. The lowest BCUT2D eigenvalue weighted by atomic mass is 9.91. The van der Waals surface area contributed by atoms with E-state index in [1.165, 1.54) is 19.4 Å². The highest BCUT2D eigenvalue weighted by molar-refractivity contribution is 4.87. The molecule has 3 fully saturated rings. The molecule has 1 atom stereocenters. The Balaban J connectivity index is 1.46. The number of likely N-dealkylation sites (tertiary alicyclic amines) is 1. The van der Waals surface area contributed by atoms with E-state index in [-0.39, 0.29) is 0 Å². The number of β-amino-alcohol motifs (C(OH)–C–C–N with tert-alkyl or cyclic N) is 1. The number of hydrogen-bond acceptors (Lipinski definition) is 5. The van der Waals surface area contributed by atoms with Crippen molar-refractivity contribution < 1.29 is 14.6 Å². The van der Waals surface area contributed by atoms with Gasteiger partial charge in [0, 0.05) is 58.8 Å². The summed E-state index contributed by atoms with van der Waals surface area (Å²) in [4.78, 5) is 5.03. The second-order valence-corrected chi connectivity index (χ2v) is 6.99. The Hall–Kier alpha value is -0.200. The highest BCUT2D eigenvalue weighted by Crippen LogP contribution is 2.25. The summed E-state index contributed by atoms with van der Waals surface area (Å²) in [6, 6.07) is 0. The fraction of sp³-hybridized carbons (Fsp3) is 1.00. The predicted octanol–water partition coefficient (Wildman–Crippen LogP) is 0.572. The quantitative estimate of drug-likeness (QED) is 0.822. The van der Waals surface area contributed by atoms with E-state index in [1.54, 1.807) is 0 Å². The van der Waals surface area contributed by atoms with Crippen LogP contribution in [0.4, 0.5) is 0 Å². The SMILES string of the molecule is OC1(CN2CCCC(CN3CCOCC3)C2)CCOCC1. The summed E-state index contributed by atoms with van der Waals surface area (Å²) in [5, 5.41) is 10.7. The molecular weight excluding hydrogens is 268 g/mol. The summed E-state index contributed by atoms with van der Waals surface area (Å²) in [6.45, 7) is 9.66. The number of aliphatic hydroxyl groups is 1. The smallest absolute Gasteiger partial charge is 0.0817 e. The third-order valence-electron chi connectivity index (χ3n) is 5.16. The van der Waals surface area contributed by atoms with Gasteiger partial charge in [0.15, 0.2) is 0 Å². The Morgan fingerprint density at radius 3 is 2.43 bits per heavy atom. The Bertz CT molecular complexity index is 315. The molecule has 5 heteroatoms. The van der Waals surface area contributed by atoms with Crippen molar-refractivity contribution in [2.75, 3.05) is 65.7 Å². The van der Waals surface area contributed by atoms with Gasteiger partial charge in [0.1, 0.15) is 0 Å². The first kappa shape index (κ1) is 15.7. The number of rotatable bonds is 4. The van der Waals surface area contributed by atoms with Gasteiger partial charge >= 0.3 is 0 Å². The van der Waals surface area contributed by atoms with Crippen molar-refractivity contribution in [1.29, 1.82) is 0 Å². The third-order valence-corrected chi connectivity index (χ3v) is 5.16. The van der Waals surface area contributed by atoms with Crippen LogP contribution in [0.15, 0.2) is 0 Å². The van der Waals surface area contributed by atoms with Gasteiger partial charge in [-0.2, -0.15) is 0 Å². The first-order valence-electron chi connectivity index (χ1n) is 8.56. The molecule has 21 heavy (non-hydrogen) atoms. The van der Waals surface area contributed by atoms with Gasteiger partial charge in [-0.3, -0.25) is 4.90 Å². The summed E-state index contributed by atoms with van der Waals surface area (Å²) in [5.74, 6) is 0.750. The maximum absolute atomic E-state index is 10.7. The zero-order valence-corrected chi connectivity index (χ0v) is 13.1. The maximum Gasteiger partial charge on any atom is 0.0817 e. The molecular formula is C16H30N2O3. The van der Waals surface area contributed by atoms with Gasteiger partial charge in [-0.25, -0.2) is 0 Å². The van der Waals surface area contributed by atoms with Gasteiger partial charge in [-0.15, -0.1) is 0 Å². The average Bonchev–Trinajstić information content (AvgIpc) is 2.49. The molecule has 0 aromatic rings. The molecule has 0 saturated carbocycles. The lowest BCUT2D eigenvalue weighted by molar-refractivity contribution is -0.0848. The maximum atomic E-state index is 10.7. The second-order valence-electron chi connectivity index (χ2n) is 6.99. The van der Waals surface area contributed by atoms with Crippen molar-refractivity contribution in [2.24, 2.45) is 5.92 Å². The minimum atomic E-state index is -0.515. The molecule has 3 saturated heterocycles. The van der Waals surface area contributed by atoms with Crippen LogP contribution < -0.4 is 0 Å². The number of ether oxygens (including phenoxy) is 2. The summed E-state index contributed by atoms with van der Waals surface area (Å²) in [6.07, 6.45) is 4.17. The Kier molecular flexibility index (Phi) is 5.51. The molecule has 0 aromatic carbocycles. The molecule has 1 N–H and O–H groups in total. The Labute approximate surface area is 128 Å². The van der Waals surface area contributed by atoms with E-state index in [0.29, 0.717) is 13.2 Å². The fourth-order valence-corrected chi connectivity index (χ4v) is 3.92. The molecule has 0 aromatic heterocycles. The van der Waals surface area contributed by atoms with E-state index in [2.05, 4.69) is 9.80 Å². The van der Waals surface area contributed by atoms with E-state index >= 15 is 0 Å². The summed E-state index contributed by atoms with van der Waals surface area (Å²) >= 11 is 0. The average molecular weight is 298 g/mol. The minimum Gasteiger partial charge on any atom is -0.388 e. The highest BCUT2D eigenvalue weighted by atomic mass is 16.5. The van der Waals surface area contributed by atoms with Gasteiger partial charge in [0.25, 0.3) is 0 Å². The lowest BCUT2D eigenvalue weighted by Gasteiger charge is -2.41. The number of piperidine rings is 1. The fourth-order valence-electron chi connectivity index (χ4n) is 3.92.